The summed E-state index contributed by atoms with van der Waals surface area (Å²) in [6.45, 7) is 3.54. The molecule has 1 heterocycles. The van der Waals surface area contributed by atoms with Crippen molar-refractivity contribution in [3.05, 3.63) is 0 Å². The number of fused-ring (bicyclic) bond motifs is 1. The van der Waals surface area contributed by atoms with Crippen molar-refractivity contribution < 1.29 is 9.47 Å². The lowest BCUT2D eigenvalue weighted by Crippen LogP contribution is -2.54. The van der Waals surface area contributed by atoms with E-state index in [0.29, 0.717) is 12.1 Å². The molecule has 1 aliphatic heterocycles. The summed E-state index contributed by atoms with van der Waals surface area (Å²) in [5.41, 5.74) is 0. The van der Waals surface area contributed by atoms with Crippen LogP contribution in [0.25, 0.3) is 0 Å². The van der Waals surface area contributed by atoms with Crippen molar-refractivity contribution in [2.75, 3.05) is 20.8 Å². The second-order valence-electron chi connectivity index (χ2n) is 5.01. The van der Waals surface area contributed by atoms with Gasteiger partial charge in [0.25, 0.3) is 0 Å². The second kappa shape index (κ2) is 4.81. The van der Waals surface area contributed by atoms with Crippen LogP contribution in [0.15, 0.2) is 0 Å². The van der Waals surface area contributed by atoms with Gasteiger partial charge in [-0.2, -0.15) is 0 Å². The molecular weight excluding hydrogens is 190 g/mol. The number of piperidine rings is 1. The largest absolute Gasteiger partial charge is 0.379 e. The van der Waals surface area contributed by atoms with Gasteiger partial charge in [-0.05, 0) is 37.6 Å². The van der Waals surface area contributed by atoms with Gasteiger partial charge in [0, 0.05) is 20.3 Å². The van der Waals surface area contributed by atoms with E-state index >= 15 is 0 Å². The van der Waals surface area contributed by atoms with Gasteiger partial charge in [0.05, 0.1) is 12.2 Å². The van der Waals surface area contributed by atoms with E-state index in [-0.39, 0.29) is 6.10 Å². The minimum Gasteiger partial charge on any atom is -0.379 e. The van der Waals surface area contributed by atoms with E-state index in [1.807, 2.05) is 0 Å². The third kappa shape index (κ3) is 2.19. The fraction of sp³-hybridized carbons (Fsp3) is 1.00. The molecule has 1 saturated carbocycles. The van der Waals surface area contributed by atoms with Gasteiger partial charge < -0.3 is 14.8 Å². The van der Waals surface area contributed by atoms with E-state index in [9.17, 15) is 0 Å². The van der Waals surface area contributed by atoms with Crippen LogP contribution in [-0.4, -0.2) is 39.0 Å². The zero-order valence-electron chi connectivity index (χ0n) is 10.0. The predicted octanol–water partition coefficient (Wildman–Crippen LogP) is 1.42. The molecule has 0 radical (unpaired) electrons. The lowest BCUT2D eigenvalue weighted by Gasteiger charge is -2.46. The van der Waals surface area contributed by atoms with Gasteiger partial charge >= 0.3 is 0 Å². The first-order valence-corrected chi connectivity index (χ1v) is 6.05. The lowest BCUT2D eigenvalue weighted by molar-refractivity contribution is -0.0907. The minimum atomic E-state index is 0.272. The summed E-state index contributed by atoms with van der Waals surface area (Å²) in [7, 11) is 3.60. The van der Waals surface area contributed by atoms with Crippen LogP contribution in [0, 0.1) is 11.8 Å². The fourth-order valence-corrected chi connectivity index (χ4v) is 3.23. The molecule has 5 atom stereocenters. The van der Waals surface area contributed by atoms with Crippen LogP contribution in [-0.2, 0) is 9.47 Å². The van der Waals surface area contributed by atoms with E-state index in [0.717, 1.165) is 31.2 Å². The average Bonchev–Trinajstić information content (AvgIpc) is 2.28. The number of hydrogen-bond donors (Lipinski definition) is 1. The summed E-state index contributed by atoms with van der Waals surface area (Å²) < 4.78 is 11.1. The Morgan fingerprint density at radius 1 is 1.07 bits per heavy atom. The van der Waals surface area contributed by atoms with Crippen molar-refractivity contribution in [2.24, 2.45) is 11.8 Å². The van der Waals surface area contributed by atoms with Crippen LogP contribution in [0.2, 0.25) is 0 Å². The molecule has 15 heavy (non-hydrogen) atoms. The van der Waals surface area contributed by atoms with E-state index < -0.39 is 0 Å². The Bertz CT molecular complexity index is 210. The summed E-state index contributed by atoms with van der Waals surface area (Å²) in [5.74, 6) is 1.60. The van der Waals surface area contributed by atoms with Gasteiger partial charge in [0.15, 0.2) is 0 Å². The van der Waals surface area contributed by atoms with Crippen LogP contribution in [0.3, 0.4) is 0 Å². The molecule has 3 heteroatoms. The first-order valence-electron chi connectivity index (χ1n) is 6.05. The van der Waals surface area contributed by atoms with Gasteiger partial charge in [-0.1, -0.05) is 6.92 Å². The molecule has 0 spiro atoms. The van der Waals surface area contributed by atoms with Crippen LogP contribution in [0.4, 0.5) is 0 Å². The lowest BCUT2D eigenvalue weighted by atomic mass is 9.71. The maximum Gasteiger partial charge on any atom is 0.0847 e. The molecule has 88 valence electrons. The first-order chi connectivity index (χ1) is 7.26. The normalized spacial score (nSPS) is 46.2. The molecule has 0 aromatic heterocycles. The predicted molar refractivity (Wildman–Crippen MR) is 59.9 cm³/mol. The molecule has 2 fully saturated rings. The first kappa shape index (κ1) is 11.4. The second-order valence-corrected chi connectivity index (χ2v) is 5.01. The number of hydrogen-bond acceptors (Lipinski definition) is 3. The third-order valence-electron chi connectivity index (χ3n) is 4.26. The van der Waals surface area contributed by atoms with Crippen LogP contribution < -0.4 is 5.32 Å². The smallest absolute Gasteiger partial charge is 0.0847 e. The zero-order chi connectivity index (χ0) is 10.8. The van der Waals surface area contributed by atoms with Crippen molar-refractivity contribution in [1.29, 1.82) is 0 Å². The molecule has 0 amide bonds. The Morgan fingerprint density at radius 3 is 2.40 bits per heavy atom. The maximum atomic E-state index is 5.54. The molecule has 2 rings (SSSR count). The summed E-state index contributed by atoms with van der Waals surface area (Å²) in [4.78, 5) is 0. The van der Waals surface area contributed by atoms with Crippen molar-refractivity contribution in [3.8, 4) is 0 Å². The van der Waals surface area contributed by atoms with Crippen molar-refractivity contribution in [2.45, 2.75) is 44.4 Å². The van der Waals surface area contributed by atoms with Gasteiger partial charge in [-0.15, -0.1) is 0 Å². The molecule has 0 bridgehead atoms. The monoisotopic (exact) mass is 213 g/mol. The quantitative estimate of drug-likeness (QED) is 0.752. The van der Waals surface area contributed by atoms with Gasteiger partial charge in [-0.3, -0.25) is 0 Å². The summed E-state index contributed by atoms with van der Waals surface area (Å²) in [5, 5.41) is 3.62. The van der Waals surface area contributed by atoms with E-state index in [4.69, 9.17) is 9.47 Å². The molecule has 1 N–H and O–H groups in total. The Labute approximate surface area is 92.5 Å². The number of ether oxygens (including phenoxy) is 2. The summed E-state index contributed by atoms with van der Waals surface area (Å²) >= 11 is 0. The molecule has 0 aromatic rings. The topological polar surface area (TPSA) is 30.5 Å². The van der Waals surface area contributed by atoms with E-state index in [2.05, 4.69) is 12.2 Å². The van der Waals surface area contributed by atoms with Gasteiger partial charge in [0.2, 0.25) is 0 Å². The molecule has 0 aromatic carbocycles. The maximum absolute atomic E-state index is 5.54. The SMILES string of the molecule is COC1CC2NCCC(C)C2CC1OC. The fourth-order valence-electron chi connectivity index (χ4n) is 3.23. The highest BCUT2D eigenvalue weighted by atomic mass is 16.5. The number of methoxy groups -OCH3 is 2. The van der Waals surface area contributed by atoms with E-state index in [1.165, 1.54) is 6.42 Å². The van der Waals surface area contributed by atoms with Crippen LogP contribution in [0.5, 0.6) is 0 Å². The van der Waals surface area contributed by atoms with Crippen molar-refractivity contribution >= 4 is 0 Å². The number of rotatable bonds is 2. The van der Waals surface area contributed by atoms with Crippen LogP contribution >= 0.6 is 0 Å². The van der Waals surface area contributed by atoms with Gasteiger partial charge in [-0.25, -0.2) is 0 Å². The van der Waals surface area contributed by atoms with Crippen LogP contribution in [0.1, 0.15) is 26.2 Å². The highest BCUT2D eigenvalue weighted by Crippen LogP contribution is 2.36. The highest BCUT2D eigenvalue weighted by Gasteiger charge is 2.41. The average molecular weight is 213 g/mol. The molecule has 2 aliphatic rings. The molecule has 3 nitrogen and oxygen atoms in total. The Morgan fingerprint density at radius 2 is 1.73 bits per heavy atom. The Hall–Kier alpha value is -0.120. The van der Waals surface area contributed by atoms with Gasteiger partial charge in [0.1, 0.15) is 0 Å². The zero-order valence-corrected chi connectivity index (χ0v) is 10.0. The number of nitrogens with one attached hydrogen (secondary N) is 1. The molecular formula is C12H23NO2. The van der Waals surface area contributed by atoms with Crippen molar-refractivity contribution in [3.63, 3.8) is 0 Å². The Kier molecular flexibility index (Phi) is 3.65. The molecule has 5 unspecified atom stereocenters. The molecule has 1 aliphatic carbocycles. The minimum absolute atomic E-state index is 0.272. The van der Waals surface area contributed by atoms with E-state index in [1.54, 1.807) is 14.2 Å². The molecule has 1 saturated heterocycles. The Balaban J connectivity index is 2.03. The summed E-state index contributed by atoms with van der Waals surface area (Å²) in [6.07, 6.45) is 4.11. The highest BCUT2D eigenvalue weighted by molar-refractivity contribution is 4.95. The third-order valence-corrected chi connectivity index (χ3v) is 4.26. The van der Waals surface area contributed by atoms with Crippen molar-refractivity contribution in [1.82, 2.24) is 5.32 Å². The summed E-state index contributed by atoms with van der Waals surface area (Å²) in [6, 6.07) is 0.644. The standard InChI is InChI=1S/C12H23NO2/c1-8-4-5-13-10-7-12(15-3)11(14-2)6-9(8)10/h8-13H,4-7H2,1-3H3.